The van der Waals surface area contributed by atoms with Crippen LogP contribution >= 0.6 is 11.6 Å². The summed E-state index contributed by atoms with van der Waals surface area (Å²) in [5, 5.41) is 12.3. The van der Waals surface area contributed by atoms with Crippen LogP contribution in [0.3, 0.4) is 0 Å². The molecule has 1 rings (SSSR count). The molecule has 0 fully saturated rings. The second kappa shape index (κ2) is 3.76. The molecular formula is C7H11ClN2O. The quantitative estimate of drug-likeness (QED) is 0.637. The lowest BCUT2D eigenvalue weighted by Gasteiger charge is -1.91. The maximum atomic E-state index is 8.78. The van der Waals surface area contributed by atoms with E-state index in [1.165, 1.54) is 0 Å². The van der Waals surface area contributed by atoms with Gasteiger partial charge in [0.15, 0.2) is 0 Å². The third-order valence-corrected chi connectivity index (χ3v) is 1.78. The van der Waals surface area contributed by atoms with E-state index in [4.69, 9.17) is 16.7 Å². The first-order chi connectivity index (χ1) is 5.27. The molecule has 0 spiro atoms. The molecule has 0 atom stereocenters. The summed E-state index contributed by atoms with van der Waals surface area (Å²) in [4.78, 5) is 2.94. The molecule has 0 bridgehead atoms. The standard InChI is InChI=1S/C7H11ClN2O/c1-9-3-6-2-5(4-11)7(8)10-6/h2,9-11H,3-4H2,1H3. The fourth-order valence-corrected chi connectivity index (χ4v) is 1.17. The minimum Gasteiger partial charge on any atom is -0.392 e. The number of aromatic amines is 1. The first-order valence-electron chi connectivity index (χ1n) is 3.39. The normalized spacial score (nSPS) is 10.5. The number of hydrogen-bond donors (Lipinski definition) is 3. The Morgan fingerprint density at radius 1 is 1.73 bits per heavy atom. The van der Waals surface area contributed by atoms with Gasteiger partial charge in [-0.3, -0.25) is 0 Å². The van der Waals surface area contributed by atoms with Gasteiger partial charge in [-0.15, -0.1) is 0 Å². The van der Waals surface area contributed by atoms with Crippen LogP contribution in [0.25, 0.3) is 0 Å². The number of aliphatic hydroxyl groups is 1. The van der Waals surface area contributed by atoms with Gasteiger partial charge in [0.2, 0.25) is 0 Å². The SMILES string of the molecule is CNCc1cc(CO)c(Cl)[nH]1. The Bertz CT molecular complexity index is 234. The monoisotopic (exact) mass is 174 g/mol. The minimum absolute atomic E-state index is 0.0148. The van der Waals surface area contributed by atoms with Crippen LogP contribution in [-0.4, -0.2) is 17.1 Å². The van der Waals surface area contributed by atoms with Crippen LogP contribution < -0.4 is 5.32 Å². The highest BCUT2D eigenvalue weighted by molar-refractivity contribution is 6.30. The second-order valence-corrected chi connectivity index (χ2v) is 2.70. The summed E-state index contributed by atoms with van der Waals surface area (Å²) in [7, 11) is 1.85. The second-order valence-electron chi connectivity index (χ2n) is 2.32. The van der Waals surface area contributed by atoms with Gasteiger partial charge >= 0.3 is 0 Å². The highest BCUT2D eigenvalue weighted by Gasteiger charge is 2.03. The molecular weight excluding hydrogens is 164 g/mol. The van der Waals surface area contributed by atoms with Crippen LogP contribution in [-0.2, 0) is 13.2 Å². The Kier molecular flexibility index (Phi) is 2.93. The first kappa shape index (κ1) is 8.59. The zero-order valence-corrected chi connectivity index (χ0v) is 7.07. The summed E-state index contributed by atoms with van der Waals surface area (Å²) < 4.78 is 0. The Hall–Kier alpha value is -0.510. The lowest BCUT2D eigenvalue weighted by atomic mass is 10.3. The van der Waals surface area contributed by atoms with Crippen molar-refractivity contribution in [3.8, 4) is 0 Å². The molecule has 1 aromatic rings. The van der Waals surface area contributed by atoms with Crippen LogP contribution in [0.5, 0.6) is 0 Å². The van der Waals surface area contributed by atoms with E-state index in [1.54, 1.807) is 0 Å². The van der Waals surface area contributed by atoms with Crippen molar-refractivity contribution in [1.82, 2.24) is 10.3 Å². The number of aromatic nitrogens is 1. The van der Waals surface area contributed by atoms with Crippen molar-refractivity contribution in [3.05, 3.63) is 22.5 Å². The molecule has 0 aliphatic heterocycles. The van der Waals surface area contributed by atoms with Gasteiger partial charge in [0.25, 0.3) is 0 Å². The molecule has 0 aromatic carbocycles. The molecule has 1 aromatic heterocycles. The zero-order valence-electron chi connectivity index (χ0n) is 6.32. The Morgan fingerprint density at radius 3 is 2.91 bits per heavy atom. The predicted molar refractivity (Wildman–Crippen MR) is 44.5 cm³/mol. The lowest BCUT2D eigenvalue weighted by Crippen LogP contribution is -2.04. The van der Waals surface area contributed by atoms with Crippen molar-refractivity contribution in [3.63, 3.8) is 0 Å². The molecule has 0 amide bonds. The van der Waals surface area contributed by atoms with E-state index in [2.05, 4.69) is 10.3 Å². The largest absolute Gasteiger partial charge is 0.392 e. The van der Waals surface area contributed by atoms with Gasteiger partial charge in [-0.1, -0.05) is 11.6 Å². The van der Waals surface area contributed by atoms with Crippen LogP contribution in [0.1, 0.15) is 11.3 Å². The summed E-state index contributed by atoms with van der Waals surface area (Å²) in [5.74, 6) is 0. The van der Waals surface area contributed by atoms with Crippen molar-refractivity contribution < 1.29 is 5.11 Å². The van der Waals surface area contributed by atoms with E-state index in [9.17, 15) is 0 Å². The lowest BCUT2D eigenvalue weighted by molar-refractivity contribution is 0.282. The Labute approximate surface area is 70.4 Å². The van der Waals surface area contributed by atoms with Gasteiger partial charge in [0, 0.05) is 17.8 Å². The molecule has 3 N–H and O–H groups in total. The van der Waals surface area contributed by atoms with Gasteiger partial charge in [-0.2, -0.15) is 0 Å². The van der Waals surface area contributed by atoms with Crippen molar-refractivity contribution >= 4 is 11.6 Å². The number of nitrogens with one attached hydrogen (secondary N) is 2. The van der Waals surface area contributed by atoms with E-state index in [0.717, 1.165) is 17.8 Å². The maximum absolute atomic E-state index is 8.78. The highest BCUT2D eigenvalue weighted by atomic mass is 35.5. The van der Waals surface area contributed by atoms with Gasteiger partial charge < -0.3 is 15.4 Å². The molecule has 0 radical (unpaired) electrons. The Morgan fingerprint density at radius 2 is 2.45 bits per heavy atom. The topological polar surface area (TPSA) is 48.0 Å². The molecule has 11 heavy (non-hydrogen) atoms. The van der Waals surface area contributed by atoms with Crippen LogP contribution in [0, 0.1) is 0 Å². The third-order valence-electron chi connectivity index (χ3n) is 1.44. The Balaban J connectivity index is 2.77. The van der Waals surface area contributed by atoms with E-state index in [-0.39, 0.29) is 6.61 Å². The summed E-state index contributed by atoms with van der Waals surface area (Å²) in [6, 6.07) is 1.85. The average molecular weight is 175 g/mol. The number of hydrogen-bond acceptors (Lipinski definition) is 2. The molecule has 0 unspecified atom stereocenters. The average Bonchev–Trinajstić information content (AvgIpc) is 2.32. The number of aliphatic hydroxyl groups excluding tert-OH is 1. The van der Waals surface area contributed by atoms with E-state index in [0.29, 0.717) is 5.15 Å². The fourth-order valence-electron chi connectivity index (χ4n) is 0.932. The van der Waals surface area contributed by atoms with Gasteiger partial charge in [0.05, 0.1) is 6.61 Å². The molecule has 0 aliphatic rings. The van der Waals surface area contributed by atoms with Crippen LogP contribution in [0.15, 0.2) is 6.07 Å². The zero-order chi connectivity index (χ0) is 8.27. The van der Waals surface area contributed by atoms with Gasteiger partial charge in [-0.25, -0.2) is 0 Å². The van der Waals surface area contributed by atoms with E-state index < -0.39 is 0 Å². The molecule has 0 aliphatic carbocycles. The van der Waals surface area contributed by atoms with Crippen molar-refractivity contribution in [2.24, 2.45) is 0 Å². The number of H-pyrrole nitrogens is 1. The predicted octanol–water partition coefficient (Wildman–Crippen LogP) is 0.880. The van der Waals surface area contributed by atoms with Crippen LogP contribution in [0.2, 0.25) is 5.15 Å². The van der Waals surface area contributed by atoms with Gasteiger partial charge in [-0.05, 0) is 13.1 Å². The first-order valence-corrected chi connectivity index (χ1v) is 3.77. The fraction of sp³-hybridized carbons (Fsp3) is 0.429. The van der Waals surface area contributed by atoms with Crippen molar-refractivity contribution in [2.75, 3.05) is 7.05 Å². The molecule has 0 saturated carbocycles. The maximum Gasteiger partial charge on any atom is 0.112 e. The highest BCUT2D eigenvalue weighted by Crippen LogP contribution is 2.15. The van der Waals surface area contributed by atoms with Gasteiger partial charge in [0.1, 0.15) is 5.15 Å². The summed E-state index contributed by atoms with van der Waals surface area (Å²) in [5.41, 5.74) is 1.73. The number of rotatable bonds is 3. The van der Waals surface area contributed by atoms with E-state index >= 15 is 0 Å². The molecule has 1 heterocycles. The molecule has 62 valence electrons. The van der Waals surface area contributed by atoms with Crippen molar-refractivity contribution in [1.29, 1.82) is 0 Å². The van der Waals surface area contributed by atoms with Crippen LogP contribution in [0.4, 0.5) is 0 Å². The molecule has 0 saturated heterocycles. The molecule has 3 nitrogen and oxygen atoms in total. The molecule has 4 heteroatoms. The smallest absolute Gasteiger partial charge is 0.112 e. The van der Waals surface area contributed by atoms with Crippen molar-refractivity contribution in [2.45, 2.75) is 13.2 Å². The summed E-state index contributed by atoms with van der Waals surface area (Å²) in [6.45, 7) is 0.721. The minimum atomic E-state index is -0.0148. The number of halogens is 1. The van der Waals surface area contributed by atoms with E-state index in [1.807, 2.05) is 13.1 Å². The summed E-state index contributed by atoms with van der Waals surface area (Å²) in [6.07, 6.45) is 0. The third kappa shape index (κ3) is 1.96. The summed E-state index contributed by atoms with van der Waals surface area (Å²) >= 11 is 5.74.